The highest BCUT2D eigenvalue weighted by Gasteiger charge is 2.46. The third-order valence-corrected chi connectivity index (χ3v) is 4.90. The lowest BCUT2D eigenvalue weighted by atomic mass is 9.96. The first-order valence-electron chi connectivity index (χ1n) is 7.65. The van der Waals surface area contributed by atoms with Crippen LogP contribution >= 0.6 is 11.6 Å². The van der Waals surface area contributed by atoms with Crippen LogP contribution in [0, 0.1) is 5.92 Å². The smallest absolute Gasteiger partial charge is 0.292 e. The average molecular weight is 337 g/mol. The third kappa shape index (κ3) is 3.09. The van der Waals surface area contributed by atoms with Gasteiger partial charge in [-0.25, -0.2) is 4.90 Å². The number of halogens is 1. The molecular weight excluding hydrogens is 320 g/mol. The largest absolute Gasteiger partial charge is 0.550 e. The maximum atomic E-state index is 12.7. The van der Waals surface area contributed by atoms with E-state index in [4.69, 9.17) is 11.6 Å². The van der Waals surface area contributed by atoms with Crippen molar-refractivity contribution in [1.29, 1.82) is 0 Å². The zero-order valence-corrected chi connectivity index (χ0v) is 13.2. The fourth-order valence-electron chi connectivity index (χ4n) is 3.41. The van der Waals surface area contributed by atoms with Crippen LogP contribution < -0.4 is 14.9 Å². The number of nitrogens with one attached hydrogen (secondary N) is 1. The second-order valence-corrected chi connectivity index (χ2v) is 6.49. The zero-order valence-electron chi connectivity index (χ0n) is 12.5. The summed E-state index contributed by atoms with van der Waals surface area (Å²) in [5.41, 5.74) is 0.485. The number of carboxylic acids is 1. The van der Waals surface area contributed by atoms with Gasteiger partial charge in [0.1, 0.15) is 0 Å². The van der Waals surface area contributed by atoms with Crippen LogP contribution in [0.25, 0.3) is 0 Å². The van der Waals surface area contributed by atoms with Gasteiger partial charge in [0.2, 0.25) is 5.91 Å². The van der Waals surface area contributed by atoms with Crippen molar-refractivity contribution >= 4 is 35.1 Å². The van der Waals surface area contributed by atoms with Crippen LogP contribution in [0.5, 0.6) is 0 Å². The Morgan fingerprint density at radius 3 is 2.57 bits per heavy atom. The Morgan fingerprint density at radius 1 is 1.26 bits per heavy atom. The number of aliphatic carboxylic acids is 1. The number of benzene rings is 1. The van der Waals surface area contributed by atoms with E-state index in [2.05, 4.69) is 0 Å². The van der Waals surface area contributed by atoms with E-state index in [-0.39, 0.29) is 18.2 Å². The topological polar surface area (TPSA) is 81.9 Å². The van der Waals surface area contributed by atoms with Crippen molar-refractivity contribution in [3.8, 4) is 0 Å². The molecule has 0 aromatic heterocycles. The van der Waals surface area contributed by atoms with E-state index in [9.17, 15) is 19.5 Å². The molecule has 0 unspecified atom stereocenters. The van der Waals surface area contributed by atoms with Gasteiger partial charge in [-0.05, 0) is 18.2 Å². The first-order chi connectivity index (χ1) is 11.0. The molecule has 2 saturated heterocycles. The number of carbonyl (C=O) groups excluding carboxylic acids is 3. The minimum absolute atomic E-state index is 0.149. The predicted octanol–water partition coefficient (Wildman–Crippen LogP) is -0.983. The van der Waals surface area contributed by atoms with Crippen LogP contribution in [-0.2, 0) is 14.4 Å². The molecule has 0 spiro atoms. The first-order valence-corrected chi connectivity index (χ1v) is 8.03. The normalized spacial score (nSPS) is 28.2. The number of carboxylic acid groups (broad SMARTS) is 1. The molecule has 0 radical (unpaired) electrons. The summed E-state index contributed by atoms with van der Waals surface area (Å²) >= 11 is 5.93. The molecule has 1 atom stereocenters. The van der Waals surface area contributed by atoms with E-state index >= 15 is 0 Å². The number of rotatable bonds is 3. The third-order valence-electron chi connectivity index (χ3n) is 4.67. The lowest BCUT2D eigenvalue weighted by Crippen LogP contribution is -3.17. The van der Waals surface area contributed by atoms with Gasteiger partial charge < -0.3 is 14.8 Å². The van der Waals surface area contributed by atoms with Gasteiger partial charge in [0.15, 0.2) is 6.04 Å². The minimum atomic E-state index is -1.03. The number of hydrogen-bond donors (Lipinski definition) is 1. The summed E-state index contributed by atoms with van der Waals surface area (Å²) in [6.07, 6.45) is 1.11. The summed E-state index contributed by atoms with van der Waals surface area (Å²) in [6, 6.07) is 6.22. The van der Waals surface area contributed by atoms with Gasteiger partial charge in [-0.3, -0.25) is 9.59 Å². The fraction of sp³-hybridized carbons (Fsp3) is 0.438. The van der Waals surface area contributed by atoms with Crippen molar-refractivity contribution in [2.45, 2.75) is 25.3 Å². The van der Waals surface area contributed by atoms with Gasteiger partial charge in [0.05, 0.1) is 25.2 Å². The molecule has 0 bridgehead atoms. The van der Waals surface area contributed by atoms with Gasteiger partial charge >= 0.3 is 0 Å². The van der Waals surface area contributed by atoms with E-state index in [1.54, 1.807) is 24.3 Å². The number of carbonyl (C=O) groups is 3. The number of anilines is 1. The highest BCUT2D eigenvalue weighted by atomic mass is 35.5. The second-order valence-electron chi connectivity index (χ2n) is 6.06. The molecule has 1 N–H and O–H groups in total. The van der Waals surface area contributed by atoms with E-state index in [0.717, 1.165) is 4.90 Å². The molecule has 3 rings (SSSR count). The molecule has 2 heterocycles. The summed E-state index contributed by atoms with van der Waals surface area (Å²) in [5.74, 6) is -1.95. The molecule has 23 heavy (non-hydrogen) atoms. The van der Waals surface area contributed by atoms with Gasteiger partial charge in [0, 0.05) is 29.8 Å². The van der Waals surface area contributed by atoms with Gasteiger partial charge in [-0.15, -0.1) is 0 Å². The Balaban J connectivity index is 1.73. The van der Waals surface area contributed by atoms with Crippen LogP contribution in [-0.4, -0.2) is 36.9 Å². The van der Waals surface area contributed by atoms with Crippen molar-refractivity contribution in [2.24, 2.45) is 5.92 Å². The number of amides is 2. The van der Waals surface area contributed by atoms with Crippen LogP contribution in [0.15, 0.2) is 24.3 Å². The molecule has 1 aromatic rings. The number of piperidine rings is 1. The van der Waals surface area contributed by atoms with Gasteiger partial charge in [0.25, 0.3) is 5.91 Å². The number of likely N-dealkylation sites (tertiary alicyclic amines) is 1. The summed E-state index contributed by atoms with van der Waals surface area (Å²) in [4.78, 5) is 38.0. The monoisotopic (exact) mass is 336 g/mol. The Morgan fingerprint density at radius 2 is 1.96 bits per heavy atom. The Bertz CT molecular complexity index is 655. The average Bonchev–Trinajstić information content (AvgIpc) is 2.82. The maximum Gasteiger partial charge on any atom is 0.292 e. The molecule has 2 aliphatic heterocycles. The molecule has 122 valence electrons. The summed E-state index contributed by atoms with van der Waals surface area (Å²) in [6.45, 7) is 1.12. The molecule has 2 amide bonds. The zero-order chi connectivity index (χ0) is 16.6. The number of imide groups is 1. The van der Waals surface area contributed by atoms with E-state index in [1.807, 2.05) is 0 Å². The van der Waals surface area contributed by atoms with E-state index in [1.165, 1.54) is 4.90 Å². The van der Waals surface area contributed by atoms with Crippen molar-refractivity contribution in [1.82, 2.24) is 0 Å². The molecule has 7 heteroatoms. The fourth-order valence-corrected chi connectivity index (χ4v) is 3.59. The highest BCUT2D eigenvalue weighted by molar-refractivity contribution is 6.31. The second kappa shape index (κ2) is 6.29. The SMILES string of the molecule is O=C([O-])C1CC[NH+]([C@H]2CC(=O)N(c3cccc(Cl)c3)C2=O)CC1. The van der Waals surface area contributed by atoms with Crippen molar-refractivity contribution < 1.29 is 24.4 Å². The van der Waals surface area contributed by atoms with Crippen LogP contribution in [0.2, 0.25) is 5.02 Å². The van der Waals surface area contributed by atoms with Crippen molar-refractivity contribution in [2.75, 3.05) is 18.0 Å². The van der Waals surface area contributed by atoms with Crippen molar-refractivity contribution in [3.05, 3.63) is 29.3 Å². The van der Waals surface area contributed by atoms with E-state index in [0.29, 0.717) is 36.6 Å². The molecule has 0 aliphatic carbocycles. The van der Waals surface area contributed by atoms with Gasteiger partial charge in [-0.1, -0.05) is 17.7 Å². The first kappa shape index (κ1) is 16.0. The number of nitrogens with zero attached hydrogens (tertiary/aromatic N) is 1. The molecule has 1 aromatic carbocycles. The number of quaternary nitrogens is 1. The molecule has 2 aliphatic rings. The summed E-state index contributed by atoms with van der Waals surface area (Å²) in [5, 5.41) is 11.4. The van der Waals surface area contributed by atoms with Crippen LogP contribution in [0.4, 0.5) is 5.69 Å². The Labute approximate surface area is 138 Å². The summed E-state index contributed by atoms with van der Waals surface area (Å²) in [7, 11) is 0. The molecular formula is C16H17ClN2O4. The lowest BCUT2D eigenvalue weighted by molar-refractivity contribution is -0.920. The van der Waals surface area contributed by atoms with Crippen LogP contribution in [0.3, 0.4) is 0 Å². The lowest BCUT2D eigenvalue weighted by Gasteiger charge is -2.32. The summed E-state index contributed by atoms with van der Waals surface area (Å²) < 4.78 is 0. The highest BCUT2D eigenvalue weighted by Crippen LogP contribution is 2.25. The maximum absolute atomic E-state index is 12.7. The standard InChI is InChI=1S/C16H17ClN2O4/c17-11-2-1-3-12(8-11)19-14(20)9-13(15(19)21)18-6-4-10(5-7-18)16(22)23/h1-3,8,10,13H,4-7,9H2,(H,22,23)/t13-/m0/s1. The van der Waals surface area contributed by atoms with Crippen LogP contribution in [0.1, 0.15) is 19.3 Å². The molecule has 0 saturated carbocycles. The van der Waals surface area contributed by atoms with Gasteiger partial charge in [-0.2, -0.15) is 0 Å². The number of hydrogen-bond acceptors (Lipinski definition) is 4. The quantitative estimate of drug-likeness (QED) is 0.719. The predicted molar refractivity (Wildman–Crippen MR) is 80.8 cm³/mol. The Kier molecular flexibility index (Phi) is 4.37. The Hall–Kier alpha value is -1.92. The minimum Gasteiger partial charge on any atom is -0.550 e. The van der Waals surface area contributed by atoms with Crippen molar-refractivity contribution in [3.63, 3.8) is 0 Å². The molecule has 6 nitrogen and oxygen atoms in total. The van der Waals surface area contributed by atoms with E-state index < -0.39 is 17.9 Å². The molecule has 2 fully saturated rings.